The molecule has 3 N–H and O–H groups in total. The molecule has 0 bridgehead atoms. The van der Waals surface area contributed by atoms with E-state index >= 15 is 0 Å². The van der Waals surface area contributed by atoms with Crippen LogP contribution in [0.25, 0.3) is 0 Å². The minimum Gasteiger partial charge on any atom is -0.366 e. The third kappa shape index (κ3) is 4.57. The number of benzene rings is 1. The number of primary amides is 1. The first-order valence-corrected chi connectivity index (χ1v) is 9.02. The highest BCUT2D eigenvalue weighted by Gasteiger charge is 2.49. The minimum absolute atomic E-state index is 0.120. The molecule has 0 spiro atoms. The fourth-order valence-corrected chi connectivity index (χ4v) is 4.05. The van der Waals surface area contributed by atoms with Gasteiger partial charge < -0.3 is 15.8 Å². The molecule has 26 heavy (non-hydrogen) atoms. The highest BCUT2D eigenvalue weighted by molar-refractivity contribution is 5.92. The largest absolute Gasteiger partial charge is 0.411 e. The summed E-state index contributed by atoms with van der Waals surface area (Å²) < 4.78 is 44.6. The Bertz CT molecular complexity index is 621. The van der Waals surface area contributed by atoms with Crippen LogP contribution in [0.1, 0.15) is 49.0 Å². The molecule has 0 heterocycles. The molecule has 1 aromatic rings. The number of carbonyl (C=O) groups excluding carboxylic acids is 1. The van der Waals surface area contributed by atoms with Gasteiger partial charge in [0, 0.05) is 18.0 Å². The van der Waals surface area contributed by atoms with Crippen molar-refractivity contribution in [1.82, 2.24) is 5.32 Å². The van der Waals surface area contributed by atoms with Crippen molar-refractivity contribution in [3.8, 4) is 0 Å². The van der Waals surface area contributed by atoms with Crippen molar-refractivity contribution in [1.29, 1.82) is 0 Å². The molecule has 7 heteroatoms. The lowest BCUT2D eigenvalue weighted by Gasteiger charge is -2.49. The second-order valence-electron chi connectivity index (χ2n) is 6.98. The van der Waals surface area contributed by atoms with Crippen molar-refractivity contribution in [2.45, 2.75) is 44.9 Å². The fourth-order valence-electron chi connectivity index (χ4n) is 4.05. The molecule has 1 fully saturated rings. The van der Waals surface area contributed by atoms with Crippen molar-refractivity contribution < 1.29 is 22.7 Å². The average molecular weight is 372 g/mol. The molecule has 2 rings (SSSR count). The van der Waals surface area contributed by atoms with Crippen LogP contribution in [0.5, 0.6) is 0 Å². The van der Waals surface area contributed by atoms with Gasteiger partial charge in [0.2, 0.25) is 5.91 Å². The van der Waals surface area contributed by atoms with Gasteiger partial charge in [0.05, 0.1) is 0 Å². The highest BCUT2D eigenvalue weighted by atomic mass is 19.4. The van der Waals surface area contributed by atoms with Crippen molar-refractivity contribution >= 4 is 5.91 Å². The highest BCUT2D eigenvalue weighted by Crippen LogP contribution is 2.49. The SMILES string of the molecule is CCNCC1CCCC(C)C1(OCC(F)(F)F)c1cccc(C(N)=O)c1. The van der Waals surface area contributed by atoms with Gasteiger partial charge in [0.1, 0.15) is 12.2 Å². The summed E-state index contributed by atoms with van der Waals surface area (Å²) in [7, 11) is 0. The number of nitrogens with two attached hydrogens (primary N) is 1. The smallest absolute Gasteiger partial charge is 0.366 e. The van der Waals surface area contributed by atoms with E-state index in [-0.39, 0.29) is 17.4 Å². The van der Waals surface area contributed by atoms with Crippen molar-refractivity contribution in [3.63, 3.8) is 0 Å². The van der Waals surface area contributed by atoms with E-state index in [2.05, 4.69) is 5.32 Å². The van der Waals surface area contributed by atoms with Crippen LogP contribution < -0.4 is 11.1 Å². The summed E-state index contributed by atoms with van der Waals surface area (Å²) in [4.78, 5) is 11.6. The van der Waals surface area contributed by atoms with Crippen LogP contribution in [0.2, 0.25) is 0 Å². The number of rotatable bonds is 7. The van der Waals surface area contributed by atoms with Gasteiger partial charge in [-0.1, -0.05) is 32.4 Å². The number of nitrogens with one attached hydrogen (secondary N) is 1. The van der Waals surface area contributed by atoms with Gasteiger partial charge in [-0.15, -0.1) is 0 Å². The predicted octanol–water partition coefficient (Wildman–Crippen LogP) is 3.61. The summed E-state index contributed by atoms with van der Waals surface area (Å²) in [6.45, 7) is 3.84. The van der Waals surface area contributed by atoms with Gasteiger partial charge in [-0.05, 0) is 43.0 Å². The summed E-state index contributed by atoms with van der Waals surface area (Å²) in [6, 6.07) is 6.54. The van der Waals surface area contributed by atoms with E-state index in [4.69, 9.17) is 10.5 Å². The Morgan fingerprint density at radius 1 is 1.38 bits per heavy atom. The Balaban J connectivity index is 2.51. The third-order valence-electron chi connectivity index (χ3n) is 5.24. The fraction of sp³-hybridized carbons (Fsp3) is 0.632. The van der Waals surface area contributed by atoms with Gasteiger partial charge in [-0.3, -0.25) is 4.79 Å². The van der Waals surface area contributed by atoms with Crippen LogP contribution in [-0.4, -0.2) is 31.8 Å². The number of amides is 1. The van der Waals surface area contributed by atoms with Crippen LogP contribution in [0, 0.1) is 11.8 Å². The molecule has 1 aliphatic carbocycles. The molecular formula is C19H27F3N2O2. The van der Waals surface area contributed by atoms with E-state index in [1.165, 1.54) is 0 Å². The maximum atomic E-state index is 13.0. The van der Waals surface area contributed by atoms with Gasteiger partial charge in [-0.25, -0.2) is 0 Å². The minimum atomic E-state index is -4.42. The number of alkyl halides is 3. The van der Waals surface area contributed by atoms with E-state index in [0.29, 0.717) is 12.1 Å². The second kappa shape index (κ2) is 8.39. The molecular weight excluding hydrogens is 345 g/mol. The Morgan fingerprint density at radius 3 is 2.73 bits per heavy atom. The topological polar surface area (TPSA) is 64.3 Å². The molecule has 1 aromatic carbocycles. The molecule has 146 valence electrons. The van der Waals surface area contributed by atoms with Gasteiger partial charge >= 0.3 is 6.18 Å². The second-order valence-corrected chi connectivity index (χ2v) is 6.98. The number of halogens is 3. The van der Waals surface area contributed by atoms with Gasteiger partial charge in [0.25, 0.3) is 0 Å². The molecule has 1 saturated carbocycles. The van der Waals surface area contributed by atoms with Crippen molar-refractivity contribution in [2.24, 2.45) is 17.6 Å². The standard InChI is InChI=1S/C19H27F3N2O2/c1-3-24-11-16-9-4-6-13(2)19(16,26-12-18(20,21)22)15-8-5-7-14(10-15)17(23)25/h5,7-8,10,13,16,24H,3-4,6,9,11-12H2,1-2H3,(H2,23,25). The number of ether oxygens (including phenoxy) is 1. The number of carbonyl (C=O) groups is 1. The molecule has 3 atom stereocenters. The summed E-state index contributed by atoms with van der Waals surface area (Å²) in [5.41, 5.74) is 5.13. The van der Waals surface area contributed by atoms with E-state index in [1.807, 2.05) is 13.8 Å². The predicted molar refractivity (Wildman–Crippen MR) is 93.7 cm³/mol. The number of hydrogen-bond donors (Lipinski definition) is 2. The zero-order valence-corrected chi connectivity index (χ0v) is 15.2. The lowest BCUT2D eigenvalue weighted by Crippen LogP contribution is -2.51. The molecule has 0 radical (unpaired) electrons. The molecule has 0 saturated heterocycles. The Kier molecular flexibility index (Phi) is 6.69. The van der Waals surface area contributed by atoms with Gasteiger partial charge in [0.15, 0.2) is 0 Å². The molecule has 4 nitrogen and oxygen atoms in total. The van der Waals surface area contributed by atoms with Crippen molar-refractivity contribution in [3.05, 3.63) is 35.4 Å². The van der Waals surface area contributed by atoms with Crippen LogP contribution >= 0.6 is 0 Å². The molecule has 0 aromatic heterocycles. The zero-order valence-electron chi connectivity index (χ0n) is 15.2. The lowest BCUT2D eigenvalue weighted by molar-refractivity contribution is -0.237. The maximum Gasteiger partial charge on any atom is 0.411 e. The Morgan fingerprint density at radius 2 is 2.12 bits per heavy atom. The maximum absolute atomic E-state index is 13.0. The quantitative estimate of drug-likeness (QED) is 0.769. The molecule has 0 aliphatic heterocycles. The molecule has 3 unspecified atom stereocenters. The van der Waals surface area contributed by atoms with E-state index in [1.54, 1.807) is 24.3 Å². The average Bonchev–Trinajstić information content (AvgIpc) is 2.58. The van der Waals surface area contributed by atoms with Crippen molar-refractivity contribution in [2.75, 3.05) is 19.7 Å². The summed E-state index contributed by atoms with van der Waals surface area (Å²) in [5.74, 6) is -0.855. The van der Waals surface area contributed by atoms with Crippen LogP contribution in [0.15, 0.2) is 24.3 Å². The normalized spacial score (nSPS) is 26.7. The number of hydrogen-bond acceptors (Lipinski definition) is 3. The summed E-state index contributed by atoms with van der Waals surface area (Å²) in [5, 5.41) is 3.24. The summed E-state index contributed by atoms with van der Waals surface area (Å²) in [6.07, 6.45) is -1.96. The van der Waals surface area contributed by atoms with Crippen LogP contribution in [-0.2, 0) is 10.3 Å². The first kappa shape index (κ1) is 20.7. The lowest BCUT2D eigenvalue weighted by atomic mass is 9.65. The van der Waals surface area contributed by atoms with Crippen LogP contribution in [0.3, 0.4) is 0 Å². The zero-order chi connectivity index (χ0) is 19.4. The summed E-state index contributed by atoms with van der Waals surface area (Å²) >= 11 is 0. The van der Waals surface area contributed by atoms with E-state index in [9.17, 15) is 18.0 Å². The van der Waals surface area contributed by atoms with E-state index < -0.39 is 24.3 Å². The molecule has 1 amide bonds. The first-order chi connectivity index (χ1) is 12.2. The molecule has 1 aliphatic rings. The monoisotopic (exact) mass is 372 g/mol. The van der Waals surface area contributed by atoms with E-state index in [0.717, 1.165) is 25.8 Å². The van der Waals surface area contributed by atoms with Crippen LogP contribution in [0.4, 0.5) is 13.2 Å². The third-order valence-corrected chi connectivity index (χ3v) is 5.24. The first-order valence-electron chi connectivity index (χ1n) is 9.02. The Labute approximate surface area is 152 Å². The Hall–Kier alpha value is -1.60. The van der Waals surface area contributed by atoms with Gasteiger partial charge in [-0.2, -0.15) is 13.2 Å².